The summed E-state index contributed by atoms with van der Waals surface area (Å²) in [7, 11) is 1.26. The van der Waals surface area contributed by atoms with E-state index in [0.717, 1.165) is 0 Å². The van der Waals surface area contributed by atoms with Gasteiger partial charge in [-0.2, -0.15) is 0 Å². The van der Waals surface area contributed by atoms with Crippen LogP contribution >= 0.6 is 15.9 Å². The number of hydrogen-bond acceptors (Lipinski definition) is 2. The first-order valence-corrected chi connectivity index (χ1v) is 5.36. The highest BCUT2D eigenvalue weighted by molar-refractivity contribution is 9.12. The molecule has 1 rings (SSSR count). The molecule has 0 aromatic carbocycles. The van der Waals surface area contributed by atoms with Gasteiger partial charge in [0.05, 0.1) is 13.0 Å². The van der Waals surface area contributed by atoms with E-state index in [-0.39, 0.29) is 19.3 Å². The summed E-state index contributed by atoms with van der Waals surface area (Å²) in [6.45, 7) is 0. The van der Waals surface area contributed by atoms with E-state index in [9.17, 15) is 13.6 Å². The lowest BCUT2D eigenvalue weighted by molar-refractivity contribution is -0.151. The molecule has 0 spiro atoms. The topological polar surface area (TPSA) is 26.3 Å². The number of alkyl halides is 2. The van der Waals surface area contributed by atoms with Crippen molar-refractivity contribution in [2.24, 2.45) is 11.8 Å². The normalized spacial score (nSPS) is 28.8. The minimum atomic E-state index is -2.72. The summed E-state index contributed by atoms with van der Waals surface area (Å²) in [4.78, 5) is 13.7. The zero-order valence-electron chi connectivity index (χ0n) is 8.23. The number of halogens is 3. The van der Waals surface area contributed by atoms with Gasteiger partial charge in [-0.25, -0.2) is 8.78 Å². The van der Waals surface area contributed by atoms with Crippen molar-refractivity contribution in [2.45, 2.75) is 25.2 Å². The van der Waals surface area contributed by atoms with E-state index in [2.05, 4.69) is 31.4 Å². The lowest BCUT2D eigenvalue weighted by Crippen LogP contribution is -2.36. The SMILES string of the molecule is COC(=O)[C@@H]1CCC(F)(F)C[C@H]1C#CBr. The molecule has 0 radical (unpaired) electrons. The van der Waals surface area contributed by atoms with E-state index in [1.54, 1.807) is 0 Å². The van der Waals surface area contributed by atoms with E-state index < -0.39 is 23.7 Å². The second kappa shape index (κ2) is 4.93. The van der Waals surface area contributed by atoms with Crippen LogP contribution in [-0.4, -0.2) is 19.0 Å². The average Bonchev–Trinajstić information content (AvgIpc) is 2.16. The van der Waals surface area contributed by atoms with Crippen molar-refractivity contribution in [1.82, 2.24) is 0 Å². The zero-order chi connectivity index (χ0) is 11.5. The maximum atomic E-state index is 13.1. The van der Waals surface area contributed by atoms with Gasteiger partial charge in [0.25, 0.3) is 0 Å². The van der Waals surface area contributed by atoms with Gasteiger partial charge in [-0.3, -0.25) is 4.79 Å². The predicted octanol–water partition coefficient (Wildman–Crippen LogP) is 2.57. The van der Waals surface area contributed by atoms with Crippen molar-refractivity contribution in [3.05, 3.63) is 0 Å². The molecule has 0 aromatic heterocycles. The van der Waals surface area contributed by atoms with Gasteiger partial charge in [-0.1, -0.05) is 5.92 Å². The highest BCUT2D eigenvalue weighted by Gasteiger charge is 2.43. The van der Waals surface area contributed by atoms with Crippen molar-refractivity contribution >= 4 is 21.9 Å². The van der Waals surface area contributed by atoms with E-state index >= 15 is 0 Å². The molecule has 0 aliphatic heterocycles. The average molecular weight is 281 g/mol. The van der Waals surface area contributed by atoms with Crippen LogP contribution in [0.3, 0.4) is 0 Å². The molecule has 0 N–H and O–H groups in total. The van der Waals surface area contributed by atoms with Crippen LogP contribution in [0, 0.1) is 22.6 Å². The predicted molar refractivity (Wildman–Crippen MR) is 54.5 cm³/mol. The summed E-state index contributed by atoms with van der Waals surface area (Å²) >= 11 is 2.86. The van der Waals surface area contributed by atoms with Crippen molar-refractivity contribution in [2.75, 3.05) is 7.11 Å². The van der Waals surface area contributed by atoms with Gasteiger partial charge in [-0.05, 0) is 11.3 Å². The molecule has 0 heterocycles. The Morgan fingerprint density at radius 2 is 2.27 bits per heavy atom. The highest BCUT2D eigenvalue weighted by Crippen LogP contribution is 2.40. The molecular weight excluding hydrogens is 270 g/mol. The second-order valence-electron chi connectivity index (χ2n) is 3.57. The zero-order valence-corrected chi connectivity index (χ0v) is 9.81. The van der Waals surface area contributed by atoms with Gasteiger partial charge in [0.15, 0.2) is 0 Å². The van der Waals surface area contributed by atoms with E-state index in [1.807, 2.05) is 0 Å². The fourth-order valence-corrected chi connectivity index (χ4v) is 2.08. The number of hydrogen-bond donors (Lipinski definition) is 0. The molecule has 2 nitrogen and oxygen atoms in total. The number of ether oxygens (including phenoxy) is 1. The van der Waals surface area contributed by atoms with Gasteiger partial charge in [-0.15, -0.1) is 0 Å². The molecule has 0 amide bonds. The molecule has 1 saturated carbocycles. The van der Waals surface area contributed by atoms with E-state index in [4.69, 9.17) is 0 Å². The smallest absolute Gasteiger partial charge is 0.309 e. The lowest BCUT2D eigenvalue weighted by atomic mass is 9.78. The minimum Gasteiger partial charge on any atom is -0.469 e. The van der Waals surface area contributed by atoms with Gasteiger partial charge in [0.1, 0.15) is 0 Å². The number of carbonyl (C=O) groups excluding carboxylic acids is 1. The summed E-state index contributed by atoms with van der Waals surface area (Å²) in [6.07, 6.45) is -0.509. The molecule has 1 fully saturated rings. The van der Waals surface area contributed by atoms with Crippen LogP contribution in [0.25, 0.3) is 0 Å². The summed E-state index contributed by atoms with van der Waals surface area (Å²) in [5.41, 5.74) is 0. The van der Waals surface area contributed by atoms with Gasteiger partial charge < -0.3 is 4.74 Å². The first-order chi connectivity index (χ1) is 7.00. The standard InChI is InChI=1S/C10H11BrF2O2/c1-15-9(14)8-2-4-10(12,13)6-7(8)3-5-11/h7-8H,2,4,6H2,1H3/t7-,8-/m1/s1. The maximum absolute atomic E-state index is 13.1. The summed E-state index contributed by atoms with van der Waals surface area (Å²) in [5.74, 6) is -1.73. The van der Waals surface area contributed by atoms with Crippen LogP contribution in [0.4, 0.5) is 8.78 Å². The number of esters is 1. The monoisotopic (exact) mass is 280 g/mol. The Morgan fingerprint density at radius 3 is 2.80 bits per heavy atom. The third-order valence-corrected chi connectivity index (χ3v) is 2.80. The van der Waals surface area contributed by atoms with Crippen LogP contribution < -0.4 is 0 Å². The number of rotatable bonds is 1. The van der Waals surface area contributed by atoms with Crippen molar-refractivity contribution in [3.8, 4) is 10.8 Å². The van der Waals surface area contributed by atoms with Crippen molar-refractivity contribution < 1.29 is 18.3 Å². The summed E-state index contributed by atoms with van der Waals surface area (Å²) < 4.78 is 30.7. The Bertz CT molecular complexity index is 306. The molecule has 1 aliphatic carbocycles. The first-order valence-electron chi connectivity index (χ1n) is 4.57. The van der Waals surface area contributed by atoms with Crippen molar-refractivity contribution in [3.63, 3.8) is 0 Å². The summed E-state index contributed by atoms with van der Waals surface area (Å²) in [5, 5.41) is 0. The Labute approximate surface area is 95.5 Å². The number of methoxy groups -OCH3 is 1. The van der Waals surface area contributed by atoms with E-state index in [1.165, 1.54) is 7.11 Å². The molecule has 0 aromatic rings. The third-order valence-electron chi connectivity index (χ3n) is 2.57. The highest BCUT2D eigenvalue weighted by atomic mass is 79.9. The Morgan fingerprint density at radius 1 is 1.60 bits per heavy atom. The Hall–Kier alpha value is -0.630. The molecule has 15 heavy (non-hydrogen) atoms. The molecule has 0 saturated heterocycles. The Kier molecular flexibility index (Phi) is 4.09. The van der Waals surface area contributed by atoms with Gasteiger partial charge in [0.2, 0.25) is 5.92 Å². The second-order valence-corrected chi connectivity index (χ2v) is 3.97. The van der Waals surface area contributed by atoms with E-state index in [0.29, 0.717) is 0 Å². The number of carbonyl (C=O) groups is 1. The van der Waals surface area contributed by atoms with Gasteiger partial charge >= 0.3 is 5.97 Å². The van der Waals surface area contributed by atoms with Gasteiger partial charge in [0, 0.05) is 34.7 Å². The lowest BCUT2D eigenvalue weighted by Gasteiger charge is -2.31. The molecule has 2 atom stereocenters. The molecule has 0 unspecified atom stereocenters. The molecule has 5 heteroatoms. The minimum absolute atomic E-state index is 0.131. The fraction of sp³-hybridized carbons (Fsp3) is 0.700. The molecule has 0 bridgehead atoms. The van der Waals surface area contributed by atoms with Crippen LogP contribution in [0.1, 0.15) is 19.3 Å². The largest absolute Gasteiger partial charge is 0.469 e. The molecule has 84 valence electrons. The van der Waals surface area contributed by atoms with Crippen LogP contribution in [0.5, 0.6) is 0 Å². The third kappa shape index (κ3) is 3.16. The fourth-order valence-electron chi connectivity index (χ4n) is 1.79. The Balaban J connectivity index is 2.79. The molecular formula is C10H11BrF2O2. The van der Waals surface area contributed by atoms with Crippen LogP contribution in [0.2, 0.25) is 0 Å². The quantitative estimate of drug-likeness (QED) is 0.545. The van der Waals surface area contributed by atoms with Crippen LogP contribution in [0.15, 0.2) is 0 Å². The maximum Gasteiger partial charge on any atom is 0.309 e. The van der Waals surface area contributed by atoms with Crippen LogP contribution in [-0.2, 0) is 9.53 Å². The summed E-state index contributed by atoms with van der Waals surface area (Å²) in [6, 6.07) is 0. The first kappa shape index (κ1) is 12.4. The van der Waals surface area contributed by atoms with Crippen molar-refractivity contribution in [1.29, 1.82) is 0 Å². The molecule has 1 aliphatic rings.